The topological polar surface area (TPSA) is 79.8 Å². The number of nitrogens with one attached hydrogen (secondary N) is 1. The number of nitrogens with zero attached hydrogens (tertiary/aromatic N) is 4. The van der Waals surface area contributed by atoms with Crippen LogP contribution in [-0.4, -0.2) is 80.6 Å². The van der Waals surface area contributed by atoms with Gasteiger partial charge in [-0.1, -0.05) is 0 Å². The first kappa shape index (κ1) is 18.8. The van der Waals surface area contributed by atoms with E-state index in [-0.39, 0.29) is 11.8 Å². The Kier molecular flexibility index (Phi) is 7.02. The summed E-state index contributed by atoms with van der Waals surface area (Å²) in [6.45, 7) is 6.97. The highest BCUT2D eigenvalue weighted by Crippen LogP contribution is 2.22. The monoisotopic (exact) mass is 363 g/mol. The van der Waals surface area contributed by atoms with Crippen LogP contribution in [0.25, 0.3) is 0 Å². The van der Waals surface area contributed by atoms with Gasteiger partial charge in [-0.3, -0.25) is 9.69 Å². The highest BCUT2D eigenvalue weighted by atomic mass is 16.5. The Morgan fingerprint density at radius 2 is 2.15 bits per heavy atom. The van der Waals surface area contributed by atoms with Crippen LogP contribution in [0.15, 0.2) is 12.1 Å². The number of anilines is 1. The molecule has 1 amide bonds. The summed E-state index contributed by atoms with van der Waals surface area (Å²) >= 11 is 0. The van der Waals surface area contributed by atoms with Crippen LogP contribution in [0.5, 0.6) is 5.88 Å². The lowest BCUT2D eigenvalue weighted by atomic mass is 9.97. The fourth-order valence-corrected chi connectivity index (χ4v) is 3.47. The third kappa shape index (κ3) is 5.28. The quantitative estimate of drug-likeness (QED) is 0.708. The third-order valence-electron chi connectivity index (χ3n) is 5.01. The van der Waals surface area contributed by atoms with Gasteiger partial charge in [-0.2, -0.15) is 0 Å². The van der Waals surface area contributed by atoms with E-state index in [0.29, 0.717) is 12.4 Å². The van der Waals surface area contributed by atoms with E-state index in [1.807, 2.05) is 6.07 Å². The van der Waals surface area contributed by atoms with Crippen LogP contribution >= 0.6 is 0 Å². The average Bonchev–Trinajstić information content (AvgIpc) is 2.72. The highest BCUT2D eigenvalue weighted by Gasteiger charge is 2.26. The van der Waals surface area contributed by atoms with E-state index in [2.05, 4.69) is 25.3 Å². The number of piperidine rings is 1. The normalized spacial score (nSPS) is 21.4. The van der Waals surface area contributed by atoms with E-state index in [0.717, 1.165) is 71.0 Å². The molecule has 2 aliphatic heterocycles. The molecule has 26 heavy (non-hydrogen) atoms. The van der Waals surface area contributed by atoms with Crippen molar-refractivity contribution in [3.05, 3.63) is 12.1 Å². The summed E-state index contributed by atoms with van der Waals surface area (Å²) in [4.78, 5) is 17.0. The smallest absolute Gasteiger partial charge is 0.233 e. The van der Waals surface area contributed by atoms with Gasteiger partial charge in [0.1, 0.15) is 0 Å². The number of carbonyl (C=O) groups is 1. The van der Waals surface area contributed by atoms with Gasteiger partial charge < -0.3 is 19.7 Å². The summed E-state index contributed by atoms with van der Waals surface area (Å²) < 4.78 is 10.4. The summed E-state index contributed by atoms with van der Waals surface area (Å²) in [5.74, 6) is 1.46. The zero-order valence-corrected chi connectivity index (χ0v) is 15.5. The molecule has 0 radical (unpaired) electrons. The lowest BCUT2D eigenvalue weighted by Gasteiger charge is -2.32. The first-order valence-corrected chi connectivity index (χ1v) is 9.47. The molecule has 1 aromatic rings. The van der Waals surface area contributed by atoms with Gasteiger partial charge in [0.05, 0.1) is 26.2 Å². The van der Waals surface area contributed by atoms with Crippen LogP contribution in [-0.2, 0) is 9.53 Å². The largest absolute Gasteiger partial charge is 0.480 e. The van der Waals surface area contributed by atoms with Crippen molar-refractivity contribution < 1.29 is 14.3 Å². The Labute approximate surface area is 154 Å². The lowest BCUT2D eigenvalue weighted by Crippen LogP contribution is -2.44. The highest BCUT2D eigenvalue weighted by molar-refractivity contribution is 5.79. The molecule has 0 aliphatic carbocycles. The van der Waals surface area contributed by atoms with Gasteiger partial charge in [-0.25, -0.2) is 0 Å². The predicted octanol–water partition coefficient (Wildman–Crippen LogP) is 0.540. The van der Waals surface area contributed by atoms with Crippen molar-refractivity contribution in [3.63, 3.8) is 0 Å². The molecule has 144 valence electrons. The van der Waals surface area contributed by atoms with Crippen LogP contribution in [0.3, 0.4) is 0 Å². The molecule has 3 heterocycles. The van der Waals surface area contributed by atoms with Crippen LogP contribution in [0, 0.1) is 5.92 Å². The number of hydrogen-bond donors (Lipinski definition) is 1. The SMILES string of the molecule is COc1ccc(N2CCCC(C(=O)NCCCN3CCOCC3)C2)nn1. The van der Waals surface area contributed by atoms with Crippen molar-refractivity contribution in [3.8, 4) is 5.88 Å². The minimum absolute atomic E-state index is 0.0102. The molecule has 2 saturated heterocycles. The van der Waals surface area contributed by atoms with Crippen LogP contribution < -0.4 is 15.0 Å². The van der Waals surface area contributed by atoms with Crippen molar-refractivity contribution in [1.82, 2.24) is 20.4 Å². The van der Waals surface area contributed by atoms with Gasteiger partial charge in [0, 0.05) is 38.8 Å². The molecule has 1 N–H and O–H groups in total. The molecule has 2 aliphatic rings. The predicted molar refractivity (Wildman–Crippen MR) is 98.4 cm³/mol. The Balaban J connectivity index is 1.40. The number of aromatic nitrogens is 2. The standard InChI is InChI=1S/C18H29N5O3/c1-25-17-6-5-16(20-21-17)23-9-2-4-15(14-23)18(24)19-7-3-8-22-10-12-26-13-11-22/h5-6,15H,2-4,7-14H2,1H3,(H,19,24). The molecule has 0 spiro atoms. The summed E-state index contributed by atoms with van der Waals surface area (Å²) in [7, 11) is 1.57. The summed E-state index contributed by atoms with van der Waals surface area (Å²) in [5, 5.41) is 11.3. The van der Waals surface area contributed by atoms with Gasteiger partial charge in [0.15, 0.2) is 5.82 Å². The molecular formula is C18H29N5O3. The third-order valence-corrected chi connectivity index (χ3v) is 5.01. The molecule has 0 saturated carbocycles. The summed E-state index contributed by atoms with van der Waals surface area (Å²) in [5.41, 5.74) is 0. The minimum Gasteiger partial charge on any atom is -0.480 e. The van der Waals surface area contributed by atoms with Crippen LogP contribution in [0.1, 0.15) is 19.3 Å². The fourth-order valence-electron chi connectivity index (χ4n) is 3.47. The van der Waals surface area contributed by atoms with E-state index in [1.54, 1.807) is 13.2 Å². The zero-order chi connectivity index (χ0) is 18.2. The Morgan fingerprint density at radius 3 is 2.88 bits per heavy atom. The van der Waals surface area contributed by atoms with Crippen molar-refractivity contribution >= 4 is 11.7 Å². The van der Waals surface area contributed by atoms with E-state index < -0.39 is 0 Å². The number of morpholine rings is 1. The van der Waals surface area contributed by atoms with E-state index in [1.165, 1.54) is 0 Å². The minimum atomic E-state index is 0.0102. The number of carbonyl (C=O) groups excluding carboxylic acids is 1. The maximum Gasteiger partial charge on any atom is 0.233 e. The molecule has 3 rings (SSSR count). The van der Waals surface area contributed by atoms with Crippen LogP contribution in [0.2, 0.25) is 0 Å². The van der Waals surface area contributed by atoms with Crippen molar-refractivity contribution in [2.45, 2.75) is 19.3 Å². The summed E-state index contributed by atoms with van der Waals surface area (Å²) in [6.07, 6.45) is 2.89. The summed E-state index contributed by atoms with van der Waals surface area (Å²) in [6, 6.07) is 3.70. The van der Waals surface area contributed by atoms with Crippen LogP contribution in [0.4, 0.5) is 5.82 Å². The second-order valence-electron chi connectivity index (χ2n) is 6.82. The second kappa shape index (κ2) is 9.68. The molecule has 1 atom stereocenters. The lowest BCUT2D eigenvalue weighted by molar-refractivity contribution is -0.125. The van der Waals surface area contributed by atoms with Crippen molar-refractivity contribution in [2.24, 2.45) is 5.92 Å². The Hall–Kier alpha value is -1.93. The molecular weight excluding hydrogens is 334 g/mol. The fraction of sp³-hybridized carbons (Fsp3) is 0.722. The van der Waals surface area contributed by atoms with Gasteiger partial charge in [0.25, 0.3) is 0 Å². The molecule has 1 aromatic heterocycles. The number of amides is 1. The number of methoxy groups -OCH3 is 1. The van der Waals surface area contributed by atoms with Gasteiger partial charge in [-0.15, -0.1) is 10.2 Å². The Bertz CT molecular complexity index is 562. The maximum atomic E-state index is 12.5. The Morgan fingerprint density at radius 1 is 1.31 bits per heavy atom. The molecule has 8 heteroatoms. The molecule has 2 fully saturated rings. The van der Waals surface area contributed by atoms with Gasteiger partial charge in [0.2, 0.25) is 11.8 Å². The van der Waals surface area contributed by atoms with Crippen molar-refractivity contribution in [2.75, 3.05) is 64.5 Å². The molecule has 1 unspecified atom stereocenters. The first-order valence-electron chi connectivity index (χ1n) is 9.47. The average molecular weight is 363 g/mol. The number of rotatable bonds is 7. The second-order valence-corrected chi connectivity index (χ2v) is 6.82. The van der Waals surface area contributed by atoms with Gasteiger partial charge in [-0.05, 0) is 31.9 Å². The van der Waals surface area contributed by atoms with E-state index >= 15 is 0 Å². The number of hydrogen-bond acceptors (Lipinski definition) is 7. The van der Waals surface area contributed by atoms with E-state index in [4.69, 9.17) is 9.47 Å². The molecule has 0 aromatic carbocycles. The zero-order valence-electron chi connectivity index (χ0n) is 15.5. The maximum absolute atomic E-state index is 12.5. The molecule has 8 nitrogen and oxygen atoms in total. The van der Waals surface area contributed by atoms with Crippen molar-refractivity contribution in [1.29, 1.82) is 0 Å². The first-order chi connectivity index (χ1) is 12.8. The molecule has 0 bridgehead atoms. The van der Waals surface area contributed by atoms with E-state index in [9.17, 15) is 4.79 Å². The van der Waals surface area contributed by atoms with Gasteiger partial charge >= 0.3 is 0 Å². The number of ether oxygens (including phenoxy) is 2.